The molecule has 10 nitrogen and oxygen atoms in total. The number of carbonyl (C=O) groups is 1. The molecule has 12 heteroatoms. The molecule has 2 fully saturated rings. The molecule has 1 atom stereocenters. The number of sulfonamides is 1. The number of halogens is 1. The molecule has 0 radical (unpaired) electrons. The first-order valence-electron chi connectivity index (χ1n) is 11.1. The average Bonchev–Trinajstić information content (AvgIpc) is 3.20. The minimum atomic E-state index is -3.58. The molecule has 2 aliphatic heterocycles. The summed E-state index contributed by atoms with van der Waals surface area (Å²) in [6.45, 7) is 1.63. The highest BCUT2D eigenvalue weighted by Gasteiger charge is 2.32. The Morgan fingerprint density at radius 2 is 2.00 bits per heavy atom. The Kier molecular flexibility index (Phi) is 5.86. The maximum absolute atomic E-state index is 13.6. The van der Waals surface area contributed by atoms with Crippen molar-refractivity contribution >= 4 is 44.7 Å². The fourth-order valence-electron chi connectivity index (χ4n) is 4.49. The van der Waals surface area contributed by atoms with E-state index in [2.05, 4.69) is 14.8 Å². The average molecular weight is 505 g/mol. The van der Waals surface area contributed by atoms with Crippen molar-refractivity contribution in [1.82, 2.24) is 19.5 Å². The number of likely N-dealkylation sites (tertiary alicyclic amines) is 1. The summed E-state index contributed by atoms with van der Waals surface area (Å²) in [6.07, 6.45) is 5.05. The Morgan fingerprint density at radius 3 is 2.74 bits per heavy atom. The zero-order valence-electron chi connectivity index (χ0n) is 18.6. The summed E-state index contributed by atoms with van der Waals surface area (Å²) in [5.41, 5.74) is 1.78. The molecule has 2 saturated heterocycles. The predicted molar refractivity (Wildman–Crippen MR) is 129 cm³/mol. The monoisotopic (exact) mass is 504 g/mol. The maximum atomic E-state index is 13.6. The summed E-state index contributed by atoms with van der Waals surface area (Å²) in [4.78, 5) is 22.0. The van der Waals surface area contributed by atoms with Crippen molar-refractivity contribution in [3.63, 3.8) is 0 Å². The third-order valence-corrected chi connectivity index (χ3v) is 6.95. The van der Waals surface area contributed by atoms with Crippen LogP contribution in [0.1, 0.15) is 41.4 Å². The first-order valence-corrected chi connectivity index (χ1v) is 13.3. The topological polar surface area (TPSA) is 120 Å². The number of aliphatic hydroxyl groups excluding tert-OH is 1. The van der Waals surface area contributed by atoms with Crippen LogP contribution in [0.25, 0.3) is 5.65 Å². The van der Waals surface area contributed by atoms with Crippen LogP contribution in [0.15, 0.2) is 36.5 Å². The third-order valence-electron chi connectivity index (χ3n) is 6.13. The van der Waals surface area contributed by atoms with E-state index in [1.54, 1.807) is 15.5 Å². The summed E-state index contributed by atoms with van der Waals surface area (Å²) in [5, 5.41) is 14.6. The maximum Gasteiger partial charge on any atom is 0.256 e. The van der Waals surface area contributed by atoms with Crippen molar-refractivity contribution < 1.29 is 18.3 Å². The van der Waals surface area contributed by atoms with Crippen LogP contribution in [-0.2, 0) is 10.0 Å². The minimum absolute atomic E-state index is 0.194. The lowest BCUT2D eigenvalue weighted by Crippen LogP contribution is -2.51. The van der Waals surface area contributed by atoms with Crippen LogP contribution < -0.4 is 9.62 Å². The lowest BCUT2D eigenvalue weighted by atomic mass is 9.98. The Labute approximate surface area is 202 Å². The summed E-state index contributed by atoms with van der Waals surface area (Å²) in [6, 6.07) is 7.99. The Bertz CT molecular complexity index is 1350. The highest BCUT2D eigenvalue weighted by molar-refractivity contribution is 7.92. The van der Waals surface area contributed by atoms with Crippen molar-refractivity contribution in [3.8, 4) is 0 Å². The molecule has 2 aromatic heterocycles. The van der Waals surface area contributed by atoms with Crippen LogP contribution in [0.2, 0.25) is 5.02 Å². The van der Waals surface area contributed by atoms with Gasteiger partial charge in [0, 0.05) is 36.9 Å². The molecular weight excluding hydrogens is 480 g/mol. The molecular formula is C22H25ClN6O4S. The van der Waals surface area contributed by atoms with E-state index in [0.29, 0.717) is 30.3 Å². The van der Waals surface area contributed by atoms with Crippen LogP contribution in [-0.4, -0.2) is 70.9 Å². The van der Waals surface area contributed by atoms with Gasteiger partial charge in [0.2, 0.25) is 10.0 Å². The van der Waals surface area contributed by atoms with Gasteiger partial charge in [-0.05, 0) is 43.5 Å². The quantitative estimate of drug-likeness (QED) is 0.547. The van der Waals surface area contributed by atoms with Crippen LogP contribution >= 0.6 is 11.6 Å². The number of amides is 1. The van der Waals surface area contributed by atoms with E-state index in [1.807, 2.05) is 23.2 Å². The number of aromatic nitrogens is 3. The van der Waals surface area contributed by atoms with E-state index < -0.39 is 10.0 Å². The second-order valence-electron chi connectivity index (χ2n) is 8.79. The van der Waals surface area contributed by atoms with Crippen LogP contribution in [0.5, 0.6) is 0 Å². The van der Waals surface area contributed by atoms with E-state index in [0.717, 1.165) is 37.0 Å². The van der Waals surface area contributed by atoms with Gasteiger partial charge in [-0.25, -0.2) is 17.9 Å². The fourth-order valence-corrected chi connectivity index (χ4v) is 5.24. The molecule has 1 aromatic carbocycles. The number of rotatable bonds is 5. The van der Waals surface area contributed by atoms with Gasteiger partial charge in [-0.3, -0.25) is 9.52 Å². The van der Waals surface area contributed by atoms with Gasteiger partial charge in [-0.2, -0.15) is 5.10 Å². The molecule has 0 saturated carbocycles. The van der Waals surface area contributed by atoms with E-state index >= 15 is 0 Å². The molecule has 0 aliphatic carbocycles. The summed E-state index contributed by atoms with van der Waals surface area (Å²) >= 11 is 6.15. The molecule has 0 bridgehead atoms. The minimum Gasteiger partial charge on any atom is -0.389 e. The number of nitrogens with one attached hydrogen (secondary N) is 1. The van der Waals surface area contributed by atoms with E-state index in [1.165, 1.54) is 12.1 Å². The number of piperidine rings is 1. The van der Waals surface area contributed by atoms with Gasteiger partial charge in [0.1, 0.15) is 5.82 Å². The molecule has 2 aliphatic rings. The van der Waals surface area contributed by atoms with Gasteiger partial charge in [0.15, 0.2) is 5.65 Å². The lowest BCUT2D eigenvalue weighted by molar-refractivity contribution is 0.0607. The standard InChI is InChI=1S/C22H25ClN6O4S/c1-34(32,33)26-17-6-5-14(23)10-16(17)22(31)28-8-3-2-4-19(28)18-11-21-24-20(7-9-29(21)25-18)27-12-15(30)13-27/h5-7,9-11,15,19,26,30H,2-4,8,12-13H2,1H3. The number of anilines is 2. The number of β-amino-alcohol motifs (C(OH)–C–C–N with tert-alkyl or cyclic N) is 1. The number of benzene rings is 1. The van der Waals surface area contributed by atoms with Gasteiger partial charge in [0.05, 0.1) is 35.3 Å². The molecule has 1 amide bonds. The van der Waals surface area contributed by atoms with Crippen LogP contribution in [0.4, 0.5) is 11.5 Å². The molecule has 4 heterocycles. The van der Waals surface area contributed by atoms with Crippen LogP contribution in [0.3, 0.4) is 0 Å². The first-order chi connectivity index (χ1) is 16.2. The van der Waals surface area contributed by atoms with Gasteiger partial charge in [-0.1, -0.05) is 11.6 Å². The Balaban J connectivity index is 1.46. The molecule has 1 unspecified atom stereocenters. The summed E-state index contributed by atoms with van der Waals surface area (Å²) in [5.74, 6) is 0.467. The predicted octanol–water partition coefficient (Wildman–Crippen LogP) is 2.30. The van der Waals surface area contributed by atoms with E-state index in [-0.39, 0.29) is 29.3 Å². The Morgan fingerprint density at radius 1 is 1.21 bits per heavy atom. The van der Waals surface area contributed by atoms with Crippen molar-refractivity contribution in [2.75, 3.05) is 35.5 Å². The highest BCUT2D eigenvalue weighted by Crippen LogP contribution is 2.34. The number of hydrogen-bond acceptors (Lipinski definition) is 7. The second-order valence-corrected chi connectivity index (χ2v) is 11.0. The fraction of sp³-hybridized carbons (Fsp3) is 0.409. The van der Waals surface area contributed by atoms with Gasteiger partial charge < -0.3 is 14.9 Å². The number of carbonyl (C=O) groups excluding carboxylic acids is 1. The van der Waals surface area contributed by atoms with Crippen molar-refractivity contribution in [1.29, 1.82) is 0 Å². The van der Waals surface area contributed by atoms with Gasteiger partial charge in [0.25, 0.3) is 5.91 Å². The van der Waals surface area contributed by atoms with Crippen molar-refractivity contribution in [2.45, 2.75) is 31.4 Å². The Hall–Kier alpha value is -2.89. The van der Waals surface area contributed by atoms with Gasteiger partial charge >= 0.3 is 0 Å². The summed E-state index contributed by atoms with van der Waals surface area (Å²) in [7, 11) is -3.58. The normalized spacial score (nSPS) is 19.3. The van der Waals surface area contributed by atoms with Crippen molar-refractivity contribution in [3.05, 3.63) is 52.8 Å². The van der Waals surface area contributed by atoms with Crippen LogP contribution in [0, 0.1) is 0 Å². The molecule has 2 N–H and O–H groups in total. The van der Waals surface area contributed by atoms with E-state index in [4.69, 9.17) is 11.6 Å². The third kappa shape index (κ3) is 4.55. The number of nitrogens with zero attached hydrogens (tertiary/aromatic N) is 5. The lowest BCUT2D eigenvalue weighted by Gasteiger charge is -2.36. The van der Waals surface area contributed by atoms with Gasteiger partial charge in [-0.15, -0.1) is 0 Å². The second kappa shape index (κ2) is 8.71. The number of fused-ring (bicyclic) bond motifs is 1. The first kappa shape index (κ1) is 22.9. The SMILES string of the molecule is CS(=O)(=O)Nc1ccc(Cl)cc1C(=O)N1CCCCC1c1cc2nc(N3CC(O)C3)ccn2n1. The van der Waals surface area contributed by atoms with E-state index in [9.17, 15) is 18.3 Å². The molecule has 5 rings (SSSR count). The zero-order valence-corrected chi connectivity index (χ0v) is 20.1. The molecule has 180 valence electrons. The number of aliphatic hydroxyl groups is 1. The highest BCUT2D eigenvalue weighted by atomic mass is 35.5. The smallest absolute Gasteiger partial charge is 0.256 e. The van der Waals surface area contributed by atoms with Crippen molar-refractivity contribution in [2.24, 2.45) is 0 Å². The molecule has 34 heavy (non-hydrogen) atoms. The molecule has 3 aromatic rings. The number of hydrogen-bond donors (Lipinski definition) is 2. The largest absolute Gasteiger partial charge is 0.389 e. The summed E-state index contributed by atoms with van der Waals surface area (Å²) < 4.78 is 27.8. The zero-order chi connectivity index (χ0) is 24.0. The molecule has 0 spiro atoms.